The van der Waals surface area contributed by atoms with E-state index in [9.17, 15) is 9.59 Å². The van der Waals surface area contributed by atoms with Crippen LogP contribution in [-0.4, -0.2) is 26.2 Å². The summed E-state index contributed by atoms with van der Waals surface area (Å²) in [5.41, 5.74) is 2.06. The van der Waals surface area contributed by atoms with Crippen molar-refractivity contribution >= 4 is 23.3 Å². The van der Waals surface area contributed by atoms with Crippen LogP contribution in [0.4, 0.5) is 0 Å². The molecule has 33 heavy (non-hydrogen) atoms. The van der Waals surface area contributed by atoms with Gasteiger partial charge in [0.1, 0.15) is 4.88 Å². The Hall–Kier alpha value is -1.36. The van der Waals surface area contributed by atoms with Gasteiger partial charge in [-0.25, -0.2) is 9.59 Å². The first-order valence-electron chi connectivity index (χ1n) is 13.3. The van der Waals surface area contributed by atoms with E-state index in [1.165, 1.54) is 102 Å². The standard InChI is InChI=1S/C28H36O4S/c1-31-25(29)21-22(27-9-15-3-16(10-27)5-17(4-15)11-27)24(33-23(21)26(30)32-2)28-12-18-6-19(13-28)8-20(7-18)14-28/h15-20H,3-14H2,1-2H3. The minimum Gasteiger partial charge on any atom is -0.465 e. The molecule has 0 saturated heterocycles. The number of hydrogen-bond donors (Lipinski definition) is 0. The first kappa shape index (κ1) is 21.0. The molecule has 0 amide bonds. The number of esters is 2. The number of carbonyl (C=O) groups is 2. The van der Waals surface area contributed by atoms with Gasteiger partial charge < -0.3 is 9.47 Å². The van der Waals surface area contributed by atoms with Crippen molar-refractivity contribution in [1.82, 2.24) is 0 Å². The van der Waals surface area contributed by atoms with Crippen molar-refractivity contribution in [1.29, 1.82) is 0 Å². The van der Waals surface area contributed by atoms with Gasteiger partial charge in [-0.05, 0) is 124 Å². The van der Waals surface area contributed by atoms with Gasteiger partial charge in [0.05, 0.1) is 19.8 Å². The lowest BCUT2D eigenvalue weighted by Crippen LogP contribution is -2.52. The highest BCUT2D eigenvalue weighted by atomic mass is 32.1. The molecule has 1 heterocycles. The third-order valence-corrected chi connectivity index (χ3v) is 12.2. The molecule has 1 aromatic rings. The molecule has 9 rings (SSSR count). The topological polar surface area (TPSA) is 52.6 Å². The highest BCUT2D eigenvalue weighted by Gasteiger charge is 2.59. The third-order valence-electron chi connectivity index (χ3n) is 10.8. The molecular formula is C28H36O4S. The largest absolute Gasteiger partial charge is 0.465 e. The minimum absolute atomic E-state index is 0.0553. The van der Waals surface area contributed by atoms with E-state index in [0.29, 0.717) is 10.4 Å². The van der Waals surface area contributed by atoms with Crippen molar-refractivity contribution < 1.29 is 19.1 Å². The van der Waals surface area contributed by atoms with Crippen molar-refractivity contribution in [3.8, 4) is 0 Å². The number of thiophene rings is 1. The lowest BCUT2D eigenvalue weighted by Gasteiger charge is -2.60. The second kappa shape index (κ2) is 7.08. The first-order valence-corrected chi connectivity index (χ1v) is 14.1. The van der Waals surface area contributed by atoms with Gasteiger partial charge in [-0.15, -0.1) is 11.3 Å². The van der Waals surface area contributed by atoms with Crippen LogP contribution in [-0.2, 0) is 20.3 Å². The predicted octanol–water partition coefficient (Wildman–Crippen LogP) is 6.26. The second-order valence-electron chi connectivity index (χ2n) is 12.9. The maximum atomic E-state index is 13.4. The smallest absolute Gasteiger partial charge is 0.348 e. The Morgan fingerprint density at radius 3 is 1.45 bits per heavy atom. The van der Waals surface area contributed by atoms with E-state index in [1.54, 1.807) is 11.3 Å². The Morgan fingerprint density at radius 1 is 0.667 bits per heavy atom. The monoisotopic (exact) mass is 468 g/mol. The van der Waals surface area contributed by atoms with Crippen molar-refractivity contribution in [2.45, 2.75) is 87.9 Å². The molecule has 0 radical (unpaired) electrons. The summed E-state index contributed by atoms with van der Waals surface area (Å²) in [7, 11) is 2.91. The van der Waals surface area contributed by atoms with Crippen LogP contribution in [0.2, 0.25) is 0 Å². The van der Waals surface area contributed by atoms with Crippen molar-refractivity contribution in [2.24, 2.45) is 35.5 Å². The van der Waals surface area contributed by atoms with E-state index < -0.39 is 0 Å². The molecule has 0 aromatic carbocycles. The Kier molecular flexibility index (Phi) is 4.50. The van der Waals surface area contributed by atoms with Crippen molar-refractivity contribution in [3.05, 3.63) is 20.9 Å². The fraction of sp³-hybridized carbons (Fsp3) is 0.786. The van der Waals surface area contributed by atoms with E-state index in [2.05, 4.69) is 0 Å². The Labute approximate surface area is 200 Å². The summed E-state index contributed by atoms with van der Waals surface area (Å²) < 4.78 is 10.6. The predicted molar refractivity (Wildman–Crippen MR) is 127 cm³/mol. The summed E-state index contributed by atoms with van der Waals surface area (Å²) in [5, 5.41) is 0. The van der Waals surface area contributed by atoms with Crippen LogP contribution in [0, 0.1) is 35.5 Å². The molecule has 0 N–H and O–H groups in total. The molecule has 4 nitrogen and oxygen atoms in total. The minimum atomic E-state index is -0.359. The van der Waals surface area contributed by atoms with E-state index in [1.807, 2.05) is 0 Å². The molecular weight excluding hydrogens is 432 g/mol. The molecule has 0 aliphatic heterocycles. The van der Waals surface area contributed by atoms with Crippen LogP contribution in [0.3, 0.4) is 0 Å². The molecule has 0 spiro atoms. The van der Waals surface area contributed by atoms with Gasteiger partial charge in [0.25, 0.3) is 0 Å². The van der Waals surface area contributed by atoms with Crippen molar-refractivity contribution in [3.63, 3.8) is 0 Å². The van der Waals surface area contributed by atoms with Gasteiger partial charge in [0.2, 0.25) is 0 Å². The molecule has 8 aliphatic rings. The SMILES string of the molecule is COC(=O)c1sc(C23CC4CC(CC(C4)C2)C3)c(C23CC4CC(CC(C4)C2)C3)c1C(=O)OC. The van der Waals surface area contributed by atoms with Crippen LogP contribution in [0.5, 0.6) is 0 Å². The zero-order valence-corrected chi connectivity index (χ0v) is 20.8. The number of methoxy groups -OCH3 is 2. The van der Waals surface area contributed by atoms with Gasteiger partial charge >= 0.3 is 11.9 Å². The molecule has 8 saturated carbocycles. The zero-order valence-electron chi connectivity index (χ0n) is 20.0. The Morgan fingerprint density at radius 2 is 1.06 bits per heavy atom. The molecule has 8 bridgehead atoms. The Balaban J connectivity index is 1.46. The third kappa shape index (κ3) is 2.93. The lowest BCUT2D eigenvalue weighted by molar-refractivity contribution is -0.0163. The van der Waals surface area contributed by atoms with E-state index in [4.69, 9.17) is 9.47 Å². The summed E-state index contributed by atoms with van der Waals surface area (Å²) in [4.78, 5) is 28.4. The number of carbonyl (C=O) groups excluding carboxylic acids is 2. The zero-order chi connectivity index (χ0) is 22.5. The van der Waals surface area contributed by atoms with E-state index >= 15 is 0 Å². The highest BCUT2D eigenvalue weighted by molar-refractivity contribution is 7.14. The molecule has 5 heteroatoms. The van der Waals surface area contributed by atoms with E-state index in [0.717, 1.165) is 35.5 Å². The maximum Gasteiger partial charge on any atom is 0.348 e. The van der Waals surface area contributed by atoms with Crippen LogP contribution in [0.1, 0.15) is 108 Å². The van der Waals surface area contributed by atoms with Gasteiger partial charge in [-0.3, -0.25) is 0 Å². The molecule has 0 atom stereocenters. The molecule has 0 unspecified atom stereocenters. The van der Waals surface area contributed by atoms with Gasteiger partial charge in [0.15, 0.2) is 0 Å². The summed E-state index contributed by atoms with van der Waals surface area (Å²) in [5.74, 6) is 4.14. The van der Waals surface area contributed by atoms with Crippen LogP contribution in [0.15, 0.2) is 0 Å². The summed E-state index contributed by atoms with van der Waals surface area (Å²) in [6.45, 7) is 0. The summed E-state index contributed by atoms with van der Waals surface area (Å²) >= 11 is 1.62. The van der Waals surface area contributed by atoms with Crippen LogP contribution < -0.4 is 0 Å². The van der Waals surface area contributed by atoms with E-state index in [-0.39, 0.29) is 22.8 Å². The van der Waals surface area contributed by atoms with Gasteiger partial charge in [-0.1, -0.05) is 0 Å². The second-order valence-corrected chi connectivity index (χ2v) is 13.9. The fourth-order valence-corrected chi connectivity index (χ4v) is 12.2. The number of hydrogen-bond acceptors (Lipinski definition) is 5. The lowest BCUT2D eigenvalue weighted by atomic mass is 9.45. The maximum absolute atomic E-state index is 13.4. The quantitative estimate of drug-likeness (QED) is 0.490. The van der Waals surface area contributed by atoms with Crippen molar-refractivity contribution in [2.75, 3.05) is 14.2 Å². The normalized spacial score (nSPS) is 44.3. The molecule has 1 aromatic heterocycles. The Bertz CT molecular complexity index is 949. The average molecular weight is 469 g/mol. The summed E-state index contributed by atoms with van der Waals surface area (Å²) in [6.07, 6.45) is 15.6. The summed E-state index contributed by atoms with van der Waals surface area (Å²) in [6, 6.07) is 0. The number of ether oxygens (including phenoxy) is 2. The van der Waals surface area contributed by atoms with Crippen LogP contribution in [0.25, 0.3) is 0 Å². The highest BCUT2D eigenvalue weighted by Crippen LogP contribution is 2.67. The molecule has 178 valence electrons. The molecule has 8 aliphatic carbocycles. The fourth-order valence-electron chi connectivity index (χ4n) is 10.6. The van der Waals surface area contributed by atoms with Gasteiger partial charge in [0, 0.05) is 10.3 Å². The first-order chi connectivity index (χ1) is 15.9. The molecule has 8 fully saturated rings. The van der Waals surface area contributed by atoms with Gasteiger partial charge in [-0.2, -0.15) is 0 Å². The average Bonchev–Trinajstić information content (AvgIpc) is 3.19. The van der Waals surface area contributed by atoms with Crippen LogP contribution >= 0.6 is 11.3 Å². The number of rotatable bonds is 4.